The third-order valence-electron chi connectivity index (χ3n) is 5.87. The first kappa shape index (κ1) is 17.3. The van der Waals surface area contributed by atoms with E-state index in [0.717, 1.165) is 38.3 Å². The number of hydrogen-bond donors (Lipinski definition) is 3. The van der Waals surface area contributed by atoms with E-state index in [4.69, 9.17) is 10.9 Å². The van der Waals surface area contributed by atoms with Gasteiger partial charge in [0.25, 0.3) is 0 Å². The lowest BCUT2D eigenvalue weighted by Gasteiger charge is -2.22. The molecule has 20 heavy (non-hydrogen) atoms. The number of nitrogens with two attached hydrogens (primary N) is 1. The van der Waals surface area contributed by atoms with Gasteiger partial charge < -0.3 is 16.3 Å². The fourth-order valence-electron chi connectivity index (χ4n) is 3.17. The molecular formula is C16H33N3O. The van der Waals surface area contributed by atoms with E-state index in [1.165, 1.54) is 0 Å². The first-order valence-corrected chi connectivity index (χ1v) is 7.76. The number of unbranched alkanes of at least 4 members (excludes halogenated alkanes) is 1. The summed E-state index contributed by atoms with van der Waals surface area (Å²) in [6, 6.07) is 0. The molecule has 1 aliphatic carbocycles. The third-order valence-corrected chi connectivity index (χ3v) is 5.87. The van der Waals surface area contributed by atoms with Crippen LogP contribution >= 0.6 is 0 Å². The van der Waals surface area contributed by atoms with Crippen LogP contribution in [0.15, 0.2) is 5.16 Å². The Labute approximate surface area is 124 Å². The Bertz CT molecular complexity index is 345. The second-order valence-corrected chi connectivity index (χ2v) is 8.03. The smallest absolute Gasteiger partial charge is 0.144 e. The molecule has 0 aliphatic heterocycles. The summed E-state index contributed by atoms with van der Waals surface area (Å²) < 4.78 is 0. The number of hydrogen-bond acceptors (Lipinski definition) is 3. The van der Waals surface area contributed by atoms with E-state index in [2.05, 4.69) is 38.2 Å². The fourth-order valence-corrected chi connectivity index (χ4v) is 3.17. The third kappa shape index (κ3) is 3.46. The minimum absolute atomic E-state index is 0.213. The van der Waals surface area contributed by atoms with Crippen molar-refractivity contribution in [3.8, 4) is 0 Å². The van der Waals surface area contributed by atoms with Gasteiger partial charge in [0.2, 0.25) is 0 Å². The summed E-state index contributed by atoms with van der Waals surface area (Å²) in [6.07, 6.45) is 3.17. The van der Waals surface area contributed by atoms with E-state index in [9.17, 15) is 0 Å². The molecular weight excluding hydrogens is 250 g/mol. The average molecular weight is 283 g/mol. The molecule has 4 nitrogen and oxygen atoms in total. The van der Waals surface area contributed by atoms with Crippen LogP contribution in [0.5, 0.6) is 0 Å². The van der Waals surface area contributed by atoms with Gasteiger partial charge in [-0.25, -0.2) is 0 Å². The van der Waals surface area contributed by atoms with Crippen molar-refractivity contribution in [3.05, 3.63) is 0 Å². The van der Waals surface area contributed by atoms with Crippen LogP contribution in [0.4, 0.5) is 0 Å². The number of rotatable bonds is 8. The molecule has 0 aromatic rings. The van der Waals surface area contributed by atoms with Crippen LogP contribution in [0.2, 0.25) is 0 Å². The molecule has 118 valence electrons. The molecule has 1 fully saturated rings. The molecule has 0 unspecified atom stereocenters. The van der Waals surface area contributed by atoms with Crippen LogP contribution in [0.3, 0.4) is 0 Å². The maximum Gasteiger partial charge on any atom is 0.144 e. The first-order valence-electron chi connectivity index (χ1n) is 7.76. The highest BCUT2D eigenvalue weighted by atomic mass is 16.4. The van der Waals surface area contributed by atoms with E-state index in [-0.39, 0.29) is 5.41 Å². The molecule has 0 saturated heterocycles. The zero-order valence-electron chi connectivity index (χ0n) is 14.1. The van der Waals surface area contributed by atoms with Crippen molar-refractivity contribution in [2.24, 2.45) is 33.1 Å². The van der Waals surface area contributed by atoms with Crippen molar-refractivity contribution in [2.75, 3.05) is 13.1 Å². The largest absolute Gasteiger partial charge is 0.409 e. The van der Waals surface area contributed by atoms with Crippen LogP contribution in [0.1, 0.15) is 60.8 Å². The Morgan fingerprint density at radius 1 is 1.20 bits per heavy atom. The van der Waals surface area contributed by atoms with Gasteiger partial charge in [-0.2, -0.15) is 0 Å². The maximum absolute atomic E-state index is 8.73. The van der Waals surface area contributed by atoms with Crippen molar-refractivity contribution in [3.63, 3.8) is 0 Å². The lowest BCUT2D eigenvalue weighted by molar-refractivity contribution is 0.304. The Hall–Kier alpha value is -0.770. The molecule has 0 heterocycles. The van der Waals surface area contributed by atoms with Gasteiger partial charge in [0.15, 0.2) is 0 Å². The van der Waals surface area contributed by atoms with Gasteiger partial charge in [0, 0.05) is 5.41 Å². The average Bonchev–Trinajstić information content (AvgIpc) is 2.73. The lowest BCUT2D eigenvalue weighted by Crippen LogP contribution is -2.32. The normalized spacial score (nSPS) is 22.0. The van der Waals surface area contributed by atoms with E-state index in [0.29, 0.717) is 16.7 Å². The van der Waals surface area contributed by atoms with E-state index in [1.54, 1.807) is 0 Å². The topological polar surface area (TPSA) is 70.6 Å². The molecule has 4 N–H and O–H groups in total. The van der Waals surface area contributed by atoms with Crippen molar-refractivity contribution >= 4 is 5.84 Å². The Morgan fingerprint density at radius 2 is 1.75 bits per heavy atom. The molecule has 1 rings (SSSR count). The van der Waals surface area contributed by atoms with Crippen molar-refractivity contribution in [1.82, 2.24) is 5.32 Å². The Kier molecular flexibility index (Phi) is 5.12. The van der Waals surface area contributed by atoms with Gasteiger partial charge in [-0.05, 0) is 42.7 Å². The van der Waals surface area contributed by atoms with Crippen molar-refractivity contribution in [1.29, 1.82) is 0 Å². The van der Waals surface area contributed by atoms with E-state index < -0.39 is 0 Å². The van der Waals surface area contributed by atoms with Gasteiger partial charge in [0.1, 0.15) is 5.84 Å². The van der Waals surface area contributed by atoms with Crippen LogP contribution < -0.4 is 11.1 Å². The number of oxime groups is 1. The molecule has 0 aromatic heterocycles. The van der Waals surface area contributed by atoms with Crippen molar-refractivity contribution in [2.45, 2.75) is 60.8 Å². The predicted octanol–water partition coefficient (Wildman–Crippen LogP) is 3.20. The predicted molar refractivity (Wildman–Crippen MR) is 85.0 cm³/mol. The first-order chi connectivity index (χ1) is 9.07. The molecule has 1 aliphatic rings. The second kappa shape index (κ2) is 5.92. The summed E-state index contributed by atoms with van der Waals surface area (Å²) in [7, 11) is 0. The fraction of sp³-hybridized carbons (Fsp3) is 0.938. The number of amidine groups is 1. The molecule has 0 spiro atoms. The molecule has 0 amide bonds. The standard InChI is InChI=1S/C16H33N3O/c1-14(2,13(17)19-20)9-7-8-10-18-11-12-15(3,4)16(12,5)6/h12,18,20H,7-11H2,1-6H3,(H2,17,19). The van der Waals surface area contributed by atoms with Gasteiger partial charge in [-0.15, -0.1) is 0 Å². The molecule has 1 saturated carbocycles. The minimum Gasteiger partial charge on any atom is -0.409 e. The SMILES string of the molecule is CC(C)(CCCCNCC1C(C)(C)C1(C)C)C(N)=NO. The minimum atomic E-state index is -0.213. The second-order valence-electron chi connectivity index (χ2n) is 8.03. The van der Waals surface area contributed by atoms with E-state index >= 15 is 0 Å². The zero-order chi connectivity index (χ0) is 15.6. The summed E-state index contributed by atoms with van der Waals surface area (Å²) in [5.74, 6) is 1.11. The van der Waals surface area contributed by atoms with Gasteiger partial charge >= 0.3 is 0 Å². The highest BCUT2D eigenvalue weighted by Crippen LogP contribution is 2.67. The lowest BCUT2D eigenvalue weighted by atomic mass is 9.86. The van der Waals surface area contributed by atoms with Gasteiger partial charge in [0.05, 0.1) is 0 Å². The van der Waals surface area contributed by atoms with Gasteiger partial charge in [-0.3, -0.25) is 0 Å². The number of nitrogens with one attached hydrogen (secondary N) is 1. The summed E-state index contributed by atoms with van der Waals surface area (Å²) >= 11 is 0. The molecule has 0 bridgehead atoms. The van der Waals surface area contributed by atoms with Crippen LogP contribution in [-0.2, 0) is 0 Å². The van der Waals surface area contributed by atoms with Crippen LogP contribution in [0, 0.1) is 22.2 Å². The Morgan fingerprint density at radius 3 is 2.20 bits per heavy atom. The highest BCUT2D eigenvalue weighted by Gasteiger charge is 2.63. The zero-order valence-corrected chi connectivity index (χ0v) is 14.1. The highest BCUT2D eigenvalue weighted by molar-refractivity contribution is 5.85. The quantitative estimate of drug-likeness (QED) is 0.211. The molecule has 0 atom stereocenters. The number of nitrogens with zero attached hydrogens (tertiary/aromatic N) is 1. The molecule has 4 heteroatoms. The monoisotopic (exact) mass is 283 g/mol. The van der Waals surface area contributed by atoms with Crippen LogP contribution in [0.25, 0.3) is 0 Å². The van der Waals surface area contributed by atoms with Gasteiger partial charge in [-0.1, -0.05) is 53.1 Å². The molecule has 0 radical (unpaired) electrons. The summed E-state index contributed by atoms with van der Waals surface area (Å²) in [4.78, 5) is 0. The van der Waals surface area contributed by atoms with E-state index in [1.807, 2.05) is 13.8 Å². The summed E-state index contributed by atoms with van der Waals surface area (Å²) in [6.45, 7) is 15.6. The molecule has 0 aromatic carbocycles. The Balaban J connectivity index is 2.13. The van der Waals surface area contributed by atoms with Crippen LogP contribution in [-0.4, -0.2) is 24.1 Å². The van der Waals surface area contributed by atoms with Crippen molar-refractivity contribution < 1.29 is 5.21 Å². The maximum atomic E-state index is 8.73. The summed E-state index contributed by atoms with van der Waals surface area (Å²) in [5.41, 5.74) is 6.40. The summed E-state index contributed by atoms with van der Waals surface area (Å²) in [5, 5.41) is 15.4.